The maximum absolute atomic E-state index is 12.5. The Balaban J connectivity index is 1.52. The number of hydrogen-bond donors (Lipinski definition) is 1. The van der Waals surface area contributed by atoms with Crippen molar-refractivity contribution >= 4 is 27.5 Å². The number of thiazole rings is 1. The van der Waals surface area contributed by atoms with E-state index < -0.39 is 0 Å². The third kappa shape index (κ3) is 2.79. The van der Waals surface area contributed by atoms with Crippen LogP contribution in [0.2, 0.25) is 0 Å². The van der Waals surface area contributed by atoms with E-state index in [1.807, 2.05) is 54.6 Å². The van der Waals surface area contributed by atoms with E-state index in [4.69, 9.17) is 0 Å². The summed E-state index contributed by atoms with van der Waals surface area (Å²) in [6, 6.07) is 17.6. The molecule has 2 aromatic heterocycles. The van der Waals surface area contributed by atoms with Crippen LogP contribution in [-0.2, 0) is 6.54 Å². The van der Waals surface area contributed by atoms with Crippen LogP contribution < -0.4 is 5.32 Å². The Morgan fingerprint density at radius 1 is 1.08 bits per heavy atom. The normalized spacial score (nSPS) is 10.8. The average Bonchev–Trinajstić information content (AvgIpc) is 3.27. The van der Waals surface area contributed by atoms with Gasteiger partial charge in [0.1, 0.15) is 10.7 Å². The molecule has 118 valence electrons. The van der Waals surface area contributed by atoms with Gasteiger partial charge in [-0.25, -0.2) is 9.97 Å². The lowest BCUT2D eigenvalue weighted by molar-refractivity contribution is 0.0944. The van der Waals surface area contributed by atoms with Crippen LogP contribution in [0.4, 0.5) is 0 Å². The molecular formula is C18H14N4OS. The van der Waals surface area contributed by atoms with E-state index in [1.165, 1.54) is 0 Å². The molecule has 0 unspecified atom stereocenters. The van der Waals surface area contributed by atoms with Gasteiger partial charge in [0.2, 0.25) is 0 Å². The van der Waals surface area contributed by atoms with Crippen LogP contribution in [0.25, 0.3) is 15.9 Å². The molecule has 0 saturated carbocycles. The van der Waals surface area contributed by atoms with Gasteiger partial charge in [0, 0.05) is 5.69 Å². The maximum Gasteiger partial charge on any atom is 0.270 e. The van der Waals surface area contributed by atoms with Crippen LogP contribution >= 0.6 is 11.3 Å². The van der Waals surface area contributed by atoms with Crippen molar-refractivity contribution in [1.29, 1.82) is 0 Å². The minimum absolute atomic E-state index is 0.171. The molecule has 2 aromatic carbocycles. The number of nitrogens with zero attached hydrogens (tertiary/aromatic N) is 3. The lowest BCUT2D eigenvalue weighted by Gasteiger charge is -2.07. The van der Waals surface area contributed by atoms with Gasteiger partial charge in [0.15, 0.2) is 0 Å². The van der Waals surface area contributed by atoms with Gasteiger partial charge in [-0.2, -0.15) is 0 Å². The minimum Gasteiger partial charge on any atom is -0.344 e. The van der Waals surface area contributed by atoms with Crippen molar-refractivity contribution in [2.24, 2.45) is 0 Å². The summed E-state index contributed by atoms with van der Waals surface area (Å²) in [7, 11) is 0. The van der Waals surface area contributed by atoms with Crippen molar-refractivity contribution in [3.8, 4) is 5.69 Å². The van der Waals surface area contributed by atoms with Crippen molar-refractivity contribution in [2.75, 3.05) is 0 Å². The number of aromatic nitrogens is 3. The summed E-state index contributed by atoms with van der Waals surface area (Å²) in [6.45, 7) is 0.401. The molecule has 0 fully saturated rings. The van der Waals surface area contributed by atoms with Gasteiger partial charge in [0.25, 0.3) is 5.91 Å². The molecule has 0 spiro atoms. The van der Waals surface area contributed by atoms with Crippen LogP contribution in [0, 0.1) is 0 Å². The number of rotatable bonds is 4. The first-order valence-electron chi connectivity index (χ1n) is 7.52. The number of fused-ring (bicyclic) bond motifs is 1. The summed E-state index contributed by atoms with van der Waals surface area (Å²) in [4.78, 5) is 21.1. The maximum atomic E-state index is 12.5. The van der Waals surface area contributed by atoms with Crippen molar-refractivity contribution in [2.45, 2.75) is 6.54 Å². The van der Waals surface area contributed by atoms with E-state index in [0.717, 1.165) is 20.9 Å². The Kier molecular flexibility index (Phi) is 3.80. The molecule has 1 amide bonds. The monoisotopic (exact) mass is 334 g/mol. The van der Waals surface area contributed by atoms with Gasteiger partial charge in [0.05, 0.1) is 29.3 Å². The molecule has 4 aromatic rings. The molecule has 4 rings (SSSR count). The predicted octanol–water partition coefficient (Wildman–Crippen LogP) is 3.41. The van der Waals surface area contributed by atoms with E-state index in [1.54, 1.807) is 28.4 Å². The smallest absolute Gasteiger partial charge is 0.270 e. The Bertz CT molecular complexity index is 957. The fraction of sp³-hybridized carbons (Fsp3) is 0.0556. The number of amides is 1. The van der Waals surface area contributed by atoms with E-state index >= 15 is 0 Å². The zero-order valence-corrected chi connectivity index (χ0v) is 13.5. The molecule has 24 heavy (non-hydrogen) atoms. The summed E-state index contributed by atoms with van der Waals surface area (Å²) >= 11 is 1.59. The number of hydrogen-bond acceptors (Lipinski definition) is 4. The number of benzene rings is 2. The summed E-state index contributed by atoms with van der Waals surface area (Å²) < 4.78 is 2.89. The zero-order chi connectivity index (χ0) is 16.4. The Labute approximate surface area is 142 Å². The SMILES string of the molecule is O=C(NCc1nc2ccccc2s1)c1cncn1-c1ccccc1. The lowest BCUT2D eigenvalue weighted by Crippen LogP contribution is -2.24. The van der Waals surface area contributed by atoms with Crippen molar-refractivity contribution < 1.29 is 4.79 Å². The minimum atomic E-state index is -0.171. The molecule has 0 radical (unpaired) electrons. The molecule has 0 saturated heterocycles. The summed E-state index contributed by atoms with van der Waals surface area (Å²) in [6.07, 6.45) is 3.21. The molecule has 6 heteroatoms. The summed E-state index contributed by atoms with van der Waals surface area (Å²) in [5, 5.41) is 3.81. The molecule has 0 aliphatic carbocycles. The van der Waals surface area contributed by atoms with Gasteiger partial charge in [-0.1, -0.05) is 30.3 Å². The van der Waals surface area contributed by atoms with Gasteiger partial charge in [-0.15, -0.1) is 11.3 Å². The fourth-order valence-corrected chi connectivity index (χ4v) is 3.41. The van der Waals surface area contributed by atoms with Gasteiger partial charge in [-0.3, -0.25) is 9.36 Å². The topological polar surface area (TPSA) is 59.8 Å². The molecular weight excluding hydrogens is 320 g/mol. The van der Waals surface area contributed by atoms with Gasteiger partial charge >= 0.3 is 0 Å². The second kappa shape index (κ2) is 6.25. The third-order valence-corrected chi connectivity index (χ3v) is 4.68. The first-order chi connectivity index (χ1) is 11.8. The number of carbonyl (C=O) groups is 1. The van der Waals surface area contributed by atoms with E-state index in [9.17, 15) is 4.79 Å². The number of carbonyl (C=O) groups excluding carboxylic acids is 1. The Morgan fingerprint density at radius 3 is 2.71 bits per heavy atom. The number of para-hydroxylation sites is 2. The van der Waals surface area contributed by atoms with Crippen LogP contribution in [0.5, 0.6) is 0 Å². The Morgan fingerprint density at radius 2 is 1.88 bits per heavy atom. The molecule has 0 bridgehead atoms. The number of imidazole rings is 1. The van der Waals surface area contributed by atoms with Crippen LogP contribution in [-0.4, -0.2) is 20.4 Å². The molecule has 2 heterocycles. The van der Waals surface area contributed by atoms with Crippen LogP contribution in [0.15, 0.2) is 67.1 Å². The lowest BCUT2D eigenvalue weighted by atomic mass is 10.3. The summed E-state index contributed by atoms with van der Waals surface area (Å²) in [5.74, 6) is -0.171. The van der Waals surface area contributed by atoms with Crippen LogP contribution in [0.3, 0.4) is 0 Å². The largest absolute Gasteiger partial charge is 0.344 e. The molecule has 0 aliphatic heterocycles. The van der Waals surface area contributed by atoms with E-state index in [-0.39, 0.29) is 5.91 Å². The number of nitrogens with one attached hydrogen (secondary N) is 1. The first kappa shape index (κ1) is 14.6. The Hall–Kier alpha value is -2.99. The zero-order valence-electron chi connectivity index (χ0n) is 12.7. The first-order valence-corrected chi connectivity index (χ1v) is 8.33. The average molecular weight is 334 g/mol. The molecule has 5 nitrogen and oxygen atoms in total. The third-order valence-electron chi connectivity index (χ3n) is 3.64. The highest BCUT2D eigenvalue weighted by Crippen LogP contribution is 2.21. The molecule has 0 aliphatic rings. The second-order valence-corrected chi connectivity index (χ2v) is 6.36. The second-order valence-electron chi connectivity index (χ2n) is 5.24. The quantitative estimate of drug-likeness (QED) is 0.622. The molecule has 1 N–H and O–H groups in total. The van der Waals surface area contributed by atoms with Crippen molar-refractivity contribution in [3.63, 3.8) is 0 Å². The van der Waals surface area contributed by atoms with Crippen LogP contribution in [0.1, 0.15) is 15.5 Å². The predicted molar refractivity (Wildman–Crippen MR) is 94.4 cm³/mol. The fourth-order valence-electron chi connectivity index (χ4n) is 2.50. The van der Waals surface area contributed by atoms with Gasteiger partial charge in [-0.05, 0) is 24.3 Å². The molecule has 0 atom stereocenters. The van der Waals surface area contributed by atoms with Crippen molar-refractivity contribution in [1.82, 2.24) is 19.9 Å². The van der Waals surface area contributed by atoms with Crippen molar-refractivity contribution in [3.05, 3.63) is 77.8 Å². The van der Waals surface area contributed by atoms with Gasteiger partial charge < -0.3 is 5.32 Å². The van der Waals surface area contributed by atoms with E-state index in [0.29, 0.717) is 12.2 Å². The standard InChI is InChI=1S/C18H14N4OS/c23-18(15-10-19-12-22(15)13-6-2-1-3-7-13)20-11-17-21-14-8-4-5-9-16(14)24-17/h1-10,12H,11H2,(H,20,23). The van der Waals surface area contributed by atoms with E-state index in [2.05, 4.69) is 15.3 Å². The highest BCUT2D eigenvalue weighted by atomic mass is 32.1. The highest BCUT2D eigenvalue weighted by molar-refractivity contribution is 7.18. The summed E-state index contributed by atoms with van der Waals surface area (Å²) in [5.41, 5.74) is 2.36. The highest BCUT2D eigenvalue weighted by Gasteiger charge is 2.13.